The molecular weight excluding hydrogens is 280 g/mol. The van der Waals surface area contributed by atoms with Crippen LogP contribution in [-0.4, -0.2) is 56.6 Å². The van der Waals surface area contributed by atoms with Gasteiger partial charge in [-0.1, -0.05) is 11.3 Å². The van der Waals surface area contributed by atoms with Gasteiger partial charge in [-0.3, -0.25) is 0 Å². The monoisotopic (exact) mass is 300 g/mol. The molecule has 0 unspecified atom stereocenters. The van der Waals surface area contributed by atoms with Gasteiger partial charge in [0, 0.05) is 33.2 Å². The summed E-state index contributed by atoms with van der Waals surface area (Å²) in [5.41, 5.74) is 0.748. The number of thiazole rings is 1. The van der Waals surface area contributed by atoms with Gasteiger partial charge in [0.25, 0.3) is 0 Å². The molecule has 1 aliphatic carbocycles. The zero-order valence-corrected chi connectivity index (χ0v) is 12.6. The Balaban J connectivity index is 2.18. The molecule has 1 aromatic heterocycles. The summed E-state index contributed by atoms with van der Waals surface area (Å²) in [6, 6.07) is 0. The third kappa shape index (κ3) is 3.68. The number of carbonyl (C=O) groups is 1. The predicted octanol–water partition coefficient (Wildman–Crippen LogP) is 1.82. The molecule has 1 fully saturated rings. The van der Waals surface area contributed by atoms with E-state index < -0.39 is 5.97 Å². The molecule has 0 amide bonds. The van der Waals surface area contributed by atoms with Crippen LogP contribution in [0, 0.1) is 0 Å². The summed E-state index contributed by atoms with van der Waals surface area (Å²) >= 11 is 1.25. The van der Waals surface area contributed by atoms with E-state index in [4.69, 9.17) is 9.47 Å². The lowest BCUT2D eigenvalue weighted by atomic mass is 10.2. The number of carboxylic acids is 1. The lowest BCUT2D eigenvalue weighted by Gasteiger charge is -2.20. The molecule has 6 nitrogen and oxygen atoms in total. The van der Waals surface area contributed by atoms with E-state index >= 15 is 0 Å². The molecule has 1 saturated carbocycles. The second-order valence-electron chi connectivity index (χ2n) is 4.76. The number of nitrogens with zero attached hydrogens (tertiary/aromatic N) is 2. The Hall–Kier alpha value is -1.18. The highest BCUT2D eigenvalue weighted by Crippen LogP contribution is 2.44. The highest BCUT2D eigenvalue weighted by atomic mass is 32.1. The summed E-state index contributed by atoms with van der Waals surface area (Å²) in [5.74, 6) is -0.549. The first-order valence-corrected chi connectivity index (χ1v) is 7.45. The maximum absolute atomic E-state index is 11.3. The number of rotatable bonds is 9. The van der Waals surface area contributed by atoms with Gasteiger partial charge in [0.1, 0.15) is 4.88 Å². The van der Waals surface area contributed by atoms with Crippen LogP contribution < -0.4 is 4.90 Å². The van der Waals surface area contributed by atoms with Crippen LogP contribution in [-0.2, 0) is 9.47 Å². The van der Waals surface area contributed by atoms with Gasteiger partial charge in [0.05, 0.1) is 18.9 Å². The Morgan fingerprint density at radius 1 is 1.35 bits per heavy atom. The second-order valence-corrected chi connectivity index (χ2v) is 5.74. The SMILES string of the molecule is COCCN(CCOC)c1nc(C2CC2)c(C(=O)O)s1. The summed E-state index contributed by atoms with van der Waals surface area (Å²) in [4.78, 5) is 18.3. The molecule has 0 spiro atoms. The number of hydrogen-bond donors (Lipinski definition) is 1. The van der Waals surface area contributed by atoms with Crippen molar-refractivity contribution in [2.45, 2.75) is 18.8 Å². The van der Waals surface area contributed by atoms with Crippen LogP contribution in [0.25, 0.3) is 0 Å². The third-order valence-corrected chi connectivity index (χ3v) is 4.32. The van der Waals surface area contributed by atoms with E-state index in [-0.39, 0.29) is 0 Å². The molecule has 0 aromatic carbocycles. The Morgan fingerprint density at radius 2 is 1.95 bits per heavy atom. The van der Waals surface area contributed by atoms with Gasteiger partial charge >= 0.3 is 5.97 Å². The lowest BCUT2D eigenvalue weighted by Crippen LogP contribution is -2.30. The first-order valence-electron chi connectivity index (χ1n) is 6.64. The fraction of sp³-hybridized carbons (Fsp3) is 0.692. The van der Waals surface area contributed by atoms with Crippen molar-refractivity contribution in [2.24, 2.45) is 0 Å². The van der Waals surface area contributed by atoms with Gasteiger partial charge in [-0.15, -0.1) is 0 Å². The molecule has 112 valence electrons. The summed E-state index contributed by atoms with van der Waals surface area (Å²) in [6.45, 7) is 2.50. The van der Waals surface area contributed by atoms with Crippen molar-refractivity contribution < 1.29 is 19.4 Å². The average Bonchev–Trinajstić information content (AvgIpc) is 3.18. The van der Waals surface area contributed by atoms with E-state index in [0.29, 0.717) is 37.1 Å². The standard InChI is InChI=1S/C13H20N2O4S/c1-18-7-5-15(6-8-19-2)13-14-10(9-3-4-9)11(20-13)12(16)17/h9H,3-8H2,1-2H3,(H,16,17). The van der Waals surface area contributed by atoms with Gasteiger partial charge in [-0.05, 0) is 12.8 Å². The van der Waals surface area contributed by atoms with E-state index in [1.165, 1.54) is 11.3 Å². The Morgan fingerprint density at radius 3 is 2.40 bits per heavy atom. The van der Waals surface area contributed by atoms with Crippen molar-refractivity contribution >= 4 is 22.4 Å². The first-order chi connectivity index (χ1) is 9.67. The van der Waals surface area contributed by atoms with Crippen LogP contribution in [0.1, 0.15) is 34.1 Å². The van der Waals surface area contributed by atoms with Crippen LogP contribution in [0.4, 0.5) is 5.13 Å². The molecule has 1 N–H and O–H groups in total. The Labute approximate surface area is 122 Å². The van der Waals surface area contributed by atoms with Crippen molar-refractivity contribution in [1.82, 2.24) is 4.98 Å². The predicted molar refractivity (Wildman–Crippen MR) is 77.0 cm³/mol. The van der Waals surface area contributed by atoms with Gasteiger partial charge in [-0.2, -0.15) is 0 Å². The highest BCUT2D eigenvalue weighted by Gasteiger charge is 2.32. The number of hydrogen-bond acceptors (Lipinski definition) is 6. The maximum Gasteiger partial charge on any atom is 0.347 e. The minimum absolute atomic E-state index is 0.331. The molecule has 0 bridgehead atoms. The topological polar surface area (TPSA) is 71.9 Å². The molecule has 20 heavy (non-hydrogen) atoms. The minimum Gasteiger partial charge on any atom is -0.477 e. The fourth-order valence-electron chi connectivity index (χ4n) is 1.95. The van der Waals surface area contributed by atoms with Gasteiger partial charge in [-0.25, -0.2) is 9.78 Å². The van der Waals surface area contributed by atoms with Crippen molar-refractivity contribution in [3.8, 4) is 0 Å². The van der Waals surface area contributed by atoms with Crippen LogP contribution in [0.2, 0.25) is 0 Å². The number of aromatic nitrogens is 1. The molecule has 7 heteroatoms. The zero-order chi connectivity index (χ0) is 14.5. The van der Waals surface area contributed by atoms with Crippen LogP contribution >= 0.6 is 11.3 Å². The van der Waals surface area contributed by atoms with E-state index in [9.17, 15) is 9.90 Å². The Bertz CT molecular complexity index is 451. The molecule has 0 saturated heterocycles. The summed E-state index contributed by atoms with van der Waals surface area (Å²) in [5, 5.41) is 10.0. The molecule has 1 heterocycles. The normalized spacial score (nSPS) is 14.5. The van der Waals surface area contributed by atoms with Crippen LogP contribution in [0.5, 0.6) is 0 Å². The number of anilines is 1. The number of ether oxygens (including phenoxy) is 2. The third-order valence-electron chi connectivity index (χ3n) is 3.20. The molecule has 2 rings (SSSR count). The van der Waals surface area contributed by atoms with Crippen molar-refractivity contribution in [3.63, 3.8) is 0 Å². The second kappa shape index (κ2) is 7.01. The molecule has 0 radical (unpaired) electrons. The first kappa shape index (κ1) is 15.2. The van der Waals surface area contributed by atoms with Crippen LogP contribution in [0.15, 0.2) is 0 Å². The van der Waals surface area contributed by atoms with Crippen molar-refractivity contribution in [3.05, 3.63) is 10.6 Å². The minimum atomic E-state index is -0.880. The smallest absolute Gasteiger partial charge is 0.347 e. The summed E-state index contributed by atoms with van der Waals surface area (Å²) < 4.78 is 10.2. The van der Waals surface area contributed by atoms with E-state index in [1.807, 2.05) is 4.90 Å². The van der Waals surface area contributed by atoms with E-state index in [2.05, 4.69) is 4.98 Å². The lowest BCUT2D eigenvalue weighted by molar-refractivity contribution is 0.0700. The van der Waals surface area contributed by atoms with Crippen molar-refractivity contribution in [1.29, 1.82) is 0 Å². The summed E-state index contributed by atoms with van der Waals surface area (Å²) in [6.07, 6.45) is 2.08. The molecular formula is C13H20N2O4S. The van der Waals surface area contributed by atoms with E-state index in [0.717, 1.165) is 23.7 Å². The molecule has 0 aliphatic heterocycles. The van der Waals surface area contributed by atoms with Gasteiger partial charge in [0.15, 0.2) is 5.13 Å². The van der Waals surface area contributed by atoms with Gasteiger partial charge < -0.3 is 19.5 Å². The van der Waals surface area contributed by atoms with Crippen LogP contribution in [0.3, 0.4) is 0 Å². The average molecular weight is 300 g/mol. The largest absolute Gasteiger partial charge is 0.477 e. The Kier molecular flexibility index (Phi) is 5.33. The zero-order valence-electron chi connectivity index (χ0n) is 11.8. The number of carboxylic acid groups (broad SMARTS) is 1. The molecule has 1 aromatic rings. The molecule has 1 aliphatic rings. The quantitative estimate of drug-likeness (QED) is 0.750. The van der Waals surface area contributed by atoms with E-state index in [1.54, 1.807) is 14.2 Å². The number of aromatic carboxylic acids is 1. The fourth-order valence-corrected chi connectivity index (χ4v) is 2.99. The maximum atomic E-state index is 11.3. The summed E-state index contributed by atoms with van der Waals surface area (Å²) in [7, 11) is 3.29. The van der Waals surface area contributed by atoms with Gasteiger partial charge in [0.2, 0.25) is 0 Å². The number of methoxy groups -OCH3 is 2. The highest BCUT2D eigenvalue weighted by molar-refractivity contribution is 7.17. The molecule has 0 atom stereocenters. The van der Waals surface area contributed by atoms with Crippen molar-refractivity contribution in [2.75, 3.05) is 45.4 Å².